The lowest BCUT2D eigenvalue weighted by atomic mass is 9.87. The second kappa shape index (κ2) is 6.00. The van der Waals surface area contributed by atoms with Crippen LogP contribution in [0.1, 0.15) is 38.5 Å². The van der Waals surface area contributed by atoms with Crippen molar-refractivity contribution < 1.29 is 19.0 Å². The van der Waals surface area contributed by atoms with Crippen molar-refractivity contribution in [3.63, 3.8) is 0 Å². The van der Waals surface area contributed by atoms with E-state index in [0.717, 1.165) is 26.0 Å². The van der Waals surface area contributed by atoms with Crippen LogP contribution in [-0.2, 0) is 19.0 Å². The van der Waals surface area contributed by atoms with Crippen molar-refractivity contribution in [1.29, 1.82) is 0 Å². The van der Waals surface area contributed by atoms with Gasteiger partial charge < -0.3 is 14.2 Å². The first-order valence-corrected chi connectivity index (χ1v) is 7.79. The van der Waals surface area contributed by atoms with E-state index in [1.54, 1.807) is 0 Å². The van der Waals surface area contributed by atoms with Crippen molar-refractivity contribution in [3.8, 4) is 0 Å². The molecule has 2 heterocycles. The molecular formula is C15H25NO4. The van der Waals surface area contributed by atoms with Gasteiger partial charge in [-0.1, -0.05) is 12.8 Å². The number of morpholine rings is 1. The van der Waals surface area contributed by atoms with Gasteiger partial charge in [-0.2, -0.15) is 0 Å². The highest BCUT2D eigenvalue weighted by Crippen LogP contribution is 2.41. The van der Waals surface area contributed by atoms with E-state index in [1.165, 1.54) is 32.8 Å². The van der Waals surface area contributed by atoms with Crippen molar-refractivity contribution in [2.75, 3.05) is 33.5 Å². The van der Waals surface area contributed by atoms with Crippen LogP contribution in [0.3, 0.4) is 0 Å². The molecule has 0 N–H and O–H groups in total. The third-order valence-electron chi connectivity index (χ3n) is 5.09. The maximum absolute atomic E-state index is 12.0. The summed E-state index contributed by atoms with van der Waals surface area (Å²) in [6.45, 7) is 2.80. The summed E-state index contributed by atoms with van der Waals surface area (Å²) in [4.78, 5) is 14.3. The average Bonchev–Trinajstić information content (AvgIpc) is 2.94. The van der Waals surface area contributed by atoms with E-state index in [1.807, 2.05) is 0 Å². The molecule has 2 saturated heterocycles. The SMILES string of the molecule is COC(=O)C1COCCN1C1CCOC2(CCCC2)C1. The number of carbonyl (C=O) groups excluding carboxylic acids is 1. The van der Waals surface area contributed by atoms with Gasteiger partial charge in [0.25, 0.3) is 0 Å². The first-order chi connectivity index (χ1) is 9.74. The van der Waals surface area contributed by atoms with Gasteiger partial charge in [-0.25, -0.2) is 0 Å². The first kappa shape index (κ1) is 14.3. The molecule has 1 aliphatic carbocycles. The molecule has 1 spiro atoms. The van der Waals surface area contributed by atoms with E-state index in [-0.39, 0.29) is 17.6 Å². The second-order valence-corrected chi connectivity index (χ2v) is 6.24. The lowest BCUT2D eigenvalue weighted by molar-refractivity contribution is -0.162. The molecule has 2 atom stereocenters. The molecule has 0 amide bonds. The Morgan fingerprint density at radius 2 is 2.10 bits per heavy atom. The Morgan fingerprint density at radius 1 is 1.30 bits per heavy atom. The molecule has 1 saturated carbocycles. The smallest absolute Gasteiger partial charge is 0.325 e. The molecule has 20 heavy (non-hydrogen) atoms. The van der Waals surface area contributed by atoms with Gasteiger partial charge in [0.15, 0.2) is 0 Å². The molecule has 3 aliphatic rings. The molecule has 2 unspecified atom stereocenters. The number of methoxy groups -OCH3 is 1. The molecule has 0 bridgehead atoms. The summed E-state index contributed by atoms with van der Waals surface area (Å²) in [5.41, 5.74) is 0.0852. The largest absolute Gasteiger partial charge is 0.468 e. The van der Waals surface area contributed by atoms with Gasteiger partial charge in [0, 0.05) is 19.2 Å². The third kappa shape index (κ3) is 2.71. The van der Waals surface area contributed by atoms with Gasteiger partial charge in [0.05, 0.1) is 25.9 Å². The van der Waals surface area contributed by atoms with Crippen LogP contribution in [0.15, 0.2) is 0 Å². The predicted molar refractivity (Wildman–Crippen MR) is 73.5 cm³/mol. The van der Waals surface area contributed by atoms with Crippen molar-refractivity contribution >= 4 is 5.97 Å². The van der Waals surface area contributed by atoms with E-state index in [2.05, 4.69) is 4.90 Å². The number of ether oxygens (including phenoxy) is 3. The summed E-state index contributed by atoms with van der Waals surface area (Å²) < 4.78 is 16.5. The first-order valence-electron chi connectivity index (χ1n) is 7.79. The Bertz CT molecular complexity index is 354. The fraction of sp³-hybridized carbons (Fsp3) is 0.933. The quantitative estimate of drug-likeness (QED) is 0.716. The van der Waals surface area contributed by atoms with Gasteiger partial charge in [-0.15, -0.1) is 0 Å². The number of hydrogen-bond donors (Lipinski definition) is 0. The fourth-order valence-electron chi connectivity index (χ4n) is 4.05. The zero-order valence-corrected chi connectivity index (χ0v) is 12.3. The van der Waals surface area contributed by atoms with E-state index in [0.29, 0.717) is 19.3 Å². The Labute approximate surface area is 120 Å². The minimum Gasteiger partial charge on any atom is -0.468 e. The van der Waals surface area contributed by atoms with Gasteiger partial charge in [-0.3, -0.25) is 9.69 Å². The van der Waals surface area contributed by atoms with E-state index in [4.69, 9.17) is 14.2 Å². The lowest BCUT2D eigenvalue weighted by Gasteiger charge is -2.46. The van der Waals surface area contributed by atoms with Crippen molar-refractivity contribution in [3.05, 3.63) is 0 Å². The van der Waals surface area contributed by atoms with Gasteiger partial charge >= 0.3 is 5.97 Å². The normalized spacial score (nSPS) is 34.2. The molecule has 0 aromatic heterocycles. The number of rotatable bonds is 2. The van der Waals surface area contributed by atoms with Gasteiger partial charge in [0.2, 0.25) is 0 Å². The Balaban J connectivity index is 1.70. The predicted octanol–water partition coefficient (Wildman–Crippen LogP) is 1.35. The average molecular weight is 283 g/mol. The Morgan fingerprint density at radius 3 is 2.85 bits per heavy atom. The zero-order valence-electron chi connectivity index (χ0n) is 12.3. The molecule has 114 valence electrons. The maximum atomic E-state index is 12.0. The van der Waals surface area contributed by atoms with Crippen LogP contribution in [0.5, 0.6) is 0 Å². The van der Waals surface area contributed by atoms with Crippen LogP contribution in [0, 0.1) is 0 Å². The van der Waals surface area contributed by atoms with Crippen LogP contribution >= 0.6 is 0 Å². The topological polar surface area (TPSA) is 48.0 Å². The van der Waals surface area contributed by atoms with Crippen LogP contribution in [0.4, 0.5) is 0 Å². The summed E-state index contributed by atoms with van der Waals surface area (Å²) in [5.74, 6) is -0.170. The molecular weight excluding hydrogens is 258 g/mol. The fourth-order valence-corrected chi connectivity index (χ4v) is 4.05. The van der Waals surface area contributed by atoms with E-state index in [9.17, 15) is 4.79 Å². The Kier molecular flexibility index (Phi) is 4.29. The third-order valence-corrected chi connectivity index (χ3v) is 5.09. The molecule has 0 aromatic carbocycles. The summed E-state index contributed by atoms with van der Waals surface area (Å²) in [6.07, 6.45) is 6.97. The molecule has 5 nitrogen and oxygen atoms in total. The number of nitrogens with zero attached hydrogens (tertiary/aromatic N) is 1. The van der Waals surface area contributed by atoms with Crippen molar-refractivity contribution in [1.82, 2.24) is 4.90 Å². The summed E-state index contributed by atoms with van der Waals surface area (Å²) >= 11 is 0. The van der Waals surface area contributed by atoms with Crippen molar-refractivity contribution in [2.45, 2.75) is 56.2 Å². The van der Waals surface area contributed by atoms with Crippen molar-refractivity contribution in [2.24, 2.45) is 0 Å². The molecule has 3 rings (SSSR count). The molecule has 0 radical (unpaired) electrons. The Hall–Kier alpha value is -0.650. The van der Waals surface area contributed by atoms with Crippen LogP contribution in [-0.4, -0.2) is 62.0 Å². The number of esters is 1. The highest BCUT2D eigenvalue weighted by Gasteiger charge is 2.44. The summed E-state index contributed by atoms with van der Waals surface area (Å²) in [7, 11) is 1.46. The minimum absolute atomic E-state index is 0.0852. The standard InChI is InChI=1S/C15H25NO4/c1-18-14(17)13-11-19-9-7-16(13)12-4-8-20-15(10-12)5-2-3-6-15/h12-13H,2-11H2,1H3. The molecule has 5 heteroatoms. The monoisotopic (exact) mass is 283 g/mol. The van der Waals surface area contributed by atoms with Gasteiger partial charge in [0.1, 0.15) is 6.04 Å². The lowest BCUT2D eigenvalue weighted by Crippen LogP contribution is -2.58. The van der Waals surface area contributed by atoms with Crippen LogP contribution in [0.2, 0.25) is 0 Å². The maximum Gasteiger partial charge on any atom is 0.325 e. The molecule has 3 fully saturated rings. The number of hydrogen-bond acceptors (Lipinski definition) is 5. The van der Waals surface area contributed by atoms with Gasteiger partial charge in [-0.05, 0) is 25.7 Å². The molecule has 0 aromatic rings. The number of carbonyl (C=O) groups is 1. The summed E-state index contributed by atoms with van der Waals surface area (Å²) in [6, 6.07) is 0.185. The highest BCUT2D eigenvalue weighted by atomic mass is 16.5. The van der Waals surface area contributed by atoms with E-state index >= 15 is 0 Å². The summed E-state index contributed by atoms with van der Waals surface area (Å²) in [5, 5.41) is 0. The van der Waals surface area contributed by atoms with Crippen LogP contribution in [0.25, 0.3) is 0 Å². The minimum atomic E-state index is -0.240. The van der Waals surface area contributed by atoms with E-state index < -0.39 is 0 Å². The second-order valence-electron chi connectivity index (χ2n) is 6.24. The van der Waals surface area contributed by atoms with Crippen LogP contribution < -0.4 is 0 Å². The molecule has 2 aliphatic heterocycles. The highest BCUT2D eigenvalue weighted by molar-refractivity contribution is 5.76. The zero-order chi connectivity index (χ0) is 14.0.